The first-order valence-electron chi connectivity index (χ1n) is 7.93. The number of piperidine rings is 1. The van der Waals surface area contributed by atoms with Crippen LogP contribution >= 0.6 is 0 Å². The topological polar surface area (TPSA) is 40.6 Å². The number of amides is 3. The average molecular weight is 347 g/mol. The monoisotopic (exact) mass is 348 g/mol. The van der Waals surface area contributed by atoms with Crippen molar-refractivity contribution in [2.24, 2.45) is 0 Å². The van der Waals surface area contributed by atoms with E-state index in [0.29, 0.717) is 6.54 Å². The van der Waals surface area contributed by atoms with E-state index in [-0.39, 0.29) is 25.8 Å². The molecule has 0 atom stereocenters. The third-order valence-corrected chi connectivity index (χ3v) is 5.55. The van der Waals surface area contributed by atoms with E-state index in [2.05, 4.69) is 13.8 Å². The van der Waals surface area contributed by atoms with E-state index in [1.54, 1.807) is 0 Å². The second-order valence-corrected chi connectivity index (χ2v) is 7.50. The molecular weight excluding hydrogens is 319 g/mol. The van der Waals surface area contributed by atoms with Crippen molar-refractivity contribution in [1.29, 1.82) is 0 Å². The number of carbonyl (C=O) groups is 2. The summed E-state index contributed by atoms with van der Waals surface area (Å²) in [6, 6.07) is -0.0403. The van der Waals surface area contributed by atoms with Gasteiger partial charge in [-0.2, -0.15) is 0 Å². The zero-order valence-corrected chi connectivity index (χ0v) is 14.6. The number of urea groups is 1. The van der Waals surface area contributed by atoms with Crippen LogP contribution in [0.4, 0.5) is 9.59 Å². The van der Waals surface area contributed by atoms with Gasteiger partial charge in [-0.05, 0) is 0 Å². The maximum absolute atomic E-state index is 12.5. The van der Waals surface area contributed by atoms with Gasteiger partial charge in [0.05, 0.1) is 0 Å². The van der Waals surface area contributed by atoms with Crippen LogP contribution in [0.1, 0.15) is 58.8 Å². The fourth-order valence-electron chi connectivity index (χ4n) is 2.22. The summed E-state index contributed by atoms with van der Waals surface area (Å²) in [6.07, 6.45) is 7.47. The van der Waals surface area contributed by atoms with Crippen LogP contribution < -0.4 is 0 Å². The Labute approximate surface area is 129 Å². The first-order valence-corrected chi connectivity index (χ1v) is 10.0. The molecule has 0 radical (unpaired) electrons. The molecule has 0 aliphatic carbocycles. The molecule has 116 valence electrons. The zero-order valence-electron chi connectivity index (χ0n) is 12.9. The summed E-state index contributed by atoms with van der Waals surface area (Å²) in [5.74, 6) is 0. The van der Waals surface area contributed by atoms with E-state index in [9.17, 15) is 9.59 Å². The van der Waals surface area contributed by atoms with E-state index in [4.69, 9.17) is 0 Å². The van der Waals surface area contributed by atoms with Gasteiger partial charge in [0, 0.05) is 0 Å². The molecule has 4 nitrogen and oxygen atoms in total. The molecule has 1 heterocycles. The molecule has 3 amide bonds. The van der Waals surface area contributed by atoms with Gasteiger partial charge in [-0.25, -0.2) is 0 Å². The Kier molecular flexibility index (Phi) is 8.95. The summed E-state index contributed by atoms with van der Waals surface area (Å²) in [6.45, 7) is 6.45. The van der Waals surface area contributed by atoms with Crippen LogP contribution in [-0.2, 0) is 0 Å². The molecular formula is C15H28N2O2Se. The molecule has 0 aromatic carbocycles. The molecule has 0 unspecified atom stereocenters. The summed E-state index contributed by atoms with van der Waals surface area (Å²) in [5.41, 5.74) is 0. The maximum atomic E-state index is 12.5. The number of imide groups is 1. The second-order valence-electron chi connectivity index (χ2n) is 5.30. The van der Waals surface area contributed by atoms with Crippen molar-refractivity contribution in [1.82, 2.24) is 9.80 Å². The second kappa shape index (κ2) is 10.2. The molecule has 20 heavy (non-hydrogen) atoms. The Balaban J connectivity index is 2.56. The fraction of sp³-hybridized carbons (Fsp3) is 0.867. The molecule has 1 fully saturated rings. The molecule has 0 N–H and O–H groups in total. The number of hydrogen-bond donors (Lipinski definition) is 0. The normalized spacial score (nSPS) is 15.2. The summed E-state index contributed by atoms with van der Waals surface area (Å²) in [5, 5.41) is 0.957. The molecule has 0 saturated carbocycles. The predicted molar refractivity (Wildman–Crippen MR) is 83.3 cm³/mol. The molecule has 0 spiro atoms. The van der Waals surface area contributed by atoms with E-state index in [1.807, 2.05) is 4.90 Å². The SMILES string of the molecule is CCCC[Se]C(=O)N(CCCC)C(=O)N1CCCCC1. The molecule has 1 aliphatic rings. The number of nitrogens with zero attached hydrogens (tertiary/aromatic N) is 2. The predicted octanol–water partition coefficient (Wildman–Crippen LogP) is 3.74. The number of unbranched alkanes of at least 4 members (excludes halogenated alkanes) is 2. The number of hydrogen-bond acceptors (Lipinski definition) is 2. The summed E-state index contributed by atoms with van der Waals surface area (Å²) < 4.78 is 0. The first-order chi connectivity index (χ1) is 9.70. The third kappa shape index (κ3) is 5.84. The van der Waals surface area contributed by atoms with Crippen molar-refractivity contribution in [2.75, 3.05) is 19.6 Å². The van der Waals surface area contributed by atoms with Crippen LogP contribution in [0.15, 0.2) is 0 Å². The summed E-state index contributed by atoms with van der Waals surface area (Å²) >= 11 is -0.0742. The number of carbonyl (C=O) groups excluding carboxylic acids is 2. The minimum absolute atomic E-state index is 0.0403. The quantitative estimate of drug-likeness (QED) is 0.520. The van der Waals surface area contributed by atoms with E-state index >= 15 is 0 Å². The number of rotatable bonds is 7. The van der Waals surface area contributed by atoms with Crippen LogP contribution in [0.3, 0.4) is 0 Å². The van der Waals surface area contributed by atoms with Crippen LogP contribution in [0, 0.1) is 0 Å². The van der Waals surface area contributed by atoms with Gasteiger partial charge in [0.1, 0.15) is 0 Å². The van der Waals surface area contributed by atoms with Gasteiger partial charge in [0.15, 0.2) is 0 Å². The van der Waals surface area contributed by atoms with Crippen LogP contribution in [-0.4, -0.2) is 55.2 Å². The Morgan fingerprint density at radius 3 is 2.30 bits per heavy atom. The van der Waals surface area contributed by atoms with Gasteiger partial charge >= 0.3 is 129 Å². The van der Waals surface area contributed by atoms with Gasteiger partial charge in [0.2, 0.25) is 0 Å². The van der Waals surface area contributed by atoms with Crippen molar-refractivity contribution < 1.29 is 9.59 Å². The van der Waals surface area contributed by atoms with Gasteiger partial charge < -0.3 is 0 Å². The standard InChI is InChI=1S/C15H28N2O2Se/c1-3-5-12-17(15(19)20-13-6-4-2)14(18)16-10-8-7-9-11-16/h3-13H2,1-2H3. The number of likely N-dealkylation sites (tertiary alicyclic amines) is 1. The Hall–Kier alpha value is -0.541. The van der Waals surface area contributed by atoms with Crippen molar-refractivity contribution in [3.05, 3.63) is 0 Å². The van der Waals surface area contributed by atoms with E-state index in [1.165, 1.54) is 11.3 Å². The third-order valence-electron chi connectivity index (χ3n) is 3.54. The van der Waals surface area contributed by atoms with E-state index < -0.39 is 0 Å². The van der Waals surface area contributed by atoms with E-state index in [0.717, 1.165) is 56.9 Å². The van der Waals surface area contributed by atoms with Crippen molar-refractivity contribution in [3.8, 4) is 0 Å². The molecule has 0 aromatic heterocycles. The Morgan fingerprint density at radius 2 is 1.70 bits per heavy atom. The average Bonchev–Trinajstić information content (AvgIpc) is 2.48. The van der Waals surface area contributed by atoms with Gasteiger partial charge in [-0.15, -0.1) is 0 Å². The van der Waals surface area contributed by atoms with Crippen LogP contribution in [0.2, 0.25) is 5.32 Å². The zero-order chi connectivity index (χ0) is 14.8. The summed E-state index contributed by atoms with van der Waals surface area (Å²) in [4.78, 5) is 28.3. The molecule has 1 aliphatic heterocycles. The van der Waals surface area contributed by atoms with Gasteiger partial charge in [-0.3, -0.25) is 0 Å². The van der Waals surface area contributed by atoms with Crippen molar-refractivity contribution in [2.45, 2.75) is 64.1 Å². The molecule has 0 bridgehead atoms. The molecule has 1 saturated heterocycles. The Bertz CT molecular complexity index is 304. The minimum atomic E-state index is -0.0742. The fourth-order valence-corrected chi connectivity index (χ4v) is 4.18. The molecule has 5 heteroatoms. The Morgan fingerprint density at radius 1 is 1.05 bits per heavy atom. The molecule has 0 aromatic rings. The van der Waals surface area contributed by atoms with Gasteiger partial charge in [0.25, 0.3) is 0 Å². The van der Waals surface area contributed by atoms with Crippen LogP contribution in [0.5, 0.6) is 0 Å². The van der Waals surface area contributed by atoms with Crippen molar-refractivity contribution in [3.63, 3.8) is 0 Å². The first kappa shape index (κ1) is 17.5. The van der Waals surface area contributed by atoms with Crippen molar-refractivity contribution >= 4 is 25.8 Å². The van der Waals surface area contributed by atoms with Crippen LogP contribution in [0.25, 0.3) is 0 Å². The molecule has 1 rings (SSSR count). The summed E-state index contributed by atoms with van der Waals surface area (Å²) in [7, 11) is 0. The van der Waals surface area contributed by atoms with Gasteiger partial charge in [-0.1, -0.05) is 0 Å².